The molecule has 0 aliphatic carbocycles. The van der Waals surface area contributed by atoms with E-state index in [1.165, 1.54) is 0 Å². The highest BCUT2D eigenvalue weighted by Gasteiger charge is 2.26. The number of benzene rings is 1. The second-order valence-electron chi connectivity index (χ2n) is 5.59. The number of likely N-dealkylation sites (tertiary alicyclic amines) is 1. The number of carbonyl (C=O) groups is 2. The number of piperidine rings is 1. The standard InChI is InChI=1S/C16H22N2O3/c17-13-6-4-12(5-7-13)11-15(19)18-10-2-1-3-14(18)8-9-16(20)21/h4-7,14H,1-3,8-11,17H2,(H,20,21). The van der Waals surface area contributed by atoms with E-state index in [4.69, 9.17) is 10.8 Å². The van der Waals surface area contributed by atoms with E-state index in [0.29, 0.717) is 18.5 Å². The average Bonchev–Trinajstić information content (AvgIpc) is 2.47. The maximum atomic E-state index is 12.5. The summed E-state index contributed by atoms with van der Waals surface area (Å²) in [5.74, 6) is -0.721. The lowest BCUT2D eigenvalue weighted by Gasteiger charge is -2.35. The Morgan fingerprint density at radius 2 is 1.95 bits per heavy atom. The highest BCUT2D eigenvalue weighted by atomic mass is 16.4. The SMILES string of the molecule is Nc1ccc(CC(=O)N2CCCCC2CCC(=O)O)cc1. The van der Waals surface area contributed by atoms with Gasteiger partial charge >= 0.3 is 5.97 Å². The van der Waals surface area contributed by atoms with Gasteiger partial charge < -0.3 is 15.7 Å². The molecular formula is C16H22N2O3. The Morgan fingerprint density at radius 3 is 2.62 bits per heavy atom. The number of hydrogen-bond donors (Lipinski definition) is 2. The van der Waals surface area contributed by atoms with Crippen LogP contribution >= 0.6 is 0 Å². The number of amides is 1. The molecule has 1 fully saturated rings. The molecule has 0 saturated carbocycles. The van der Waals surface area contributed by atoms with Gasteiger partial charge in [-0.3, -0.25) is 9.59 Å². The number of anilines is 1. The number of carboxylic acid groups (broad SMARTS) is 1. The summed E-state index contributed by atoms with van der Waals surface area (Å²) in [5, 5.41) is 8.81. The normalized spacial score (nSPS) is 18.5. The highest BCUT2D eigenvalue weighted by molar-refractivity contribution is 5.79. The molecule has 1 aromatic rings. The first kappa shape index (κ1) is 15.4. The third-order valence-corrected chi connectivity index (χ3v) is 3.97. The quantitative estimate of drug-likeness (QED) is 0.813. The van der Waals surface area contributed by atoms with Crippen LogP contribution in [0.15, 0.2) is 24.3 Å². The fourth-order valence-electron chi connectivity index (χ4n) is 2.83. The monoisotopic (exact) mass is 290 g/mol. The maximum Gasteiger partial charge on any atom is 0.303 e. The number of nitrogen functional groups attached to an aromatic ring is 1. The van der Waals surface area contributed by atoms with Crippen molar-refractivity contribution >= 4 is 17.6 Å². The van der Waals surface area contributed by atoms with Gasteiger partial charge in [0, 0.05) is 24.7 Å². The smallest absolute Gasteiger partial charge is 0.303 e. The lowest BCUT2D eigenvalue weighted by Crippen LogP contribution is -2.44. The van der Waals surface area contributed by atoms with Gasteiger partial charge in [-0.05, 0) is 43.4 Å². The van der Waals surface area contributed by atoms with E-state index in [0.717, 1.165) is 31.4 Å². The van der Waals surface area contributed by atoms with Crippen LogP contribution in [0.2, 0.25) is 0 Å². The minimum Gasteiger partial charge on any atom is -0.481 e. The first-order chi connectivity index (χ1) is 10.1. The van der Waals surface area contributed by atoms with E-state index >= 15 is 0 Å². The van der Waals surface area contributed by atoms with Crippen LogP contribution in [0.25, 0.3) is 0 Å². The van der Waals surface area contributed by atoms with E-state index in [-0.39, 0.29) is 18.4 Å². The molecule has 1 saturated heterocycles. The van der Waals surface area contributed by atoms with Crippen LogP contribution in [0.5, 0.6) is 0 Å². The van der Waals surface area contributed by atoms with Gasteiger partial charge in [0.15, 0.2) is 0 Å². The van der Waals surface area contributed by atoms with Crippen LogP contribution in [0.3, 0.4) is 0 Å². The summed E-state index contributed by atoms with van der Waals surface area (Å²) < 4.78 is 0. The van der Waals surface area contributed by atoms with Crippen molar-refractivity contribution in [2.45, 2.75) is 44.6 Å². The lowest BCUT2D eigenvalue weighted by molar-refractivity contribution is -0.139. The highest BCUT2D eigenvalue weighted by Crippen LogP contribution is 2.22. The minimum absolute atomic E-state index is 0.0659. The summed E-state index contributed by atoms with van der Waals surface area (Å²) in [7, 11) is 0. The summed E-state index contributed by atoms with van der Waals surface area (Å²) >= 11 is 0. The van der Waals surface area contributed by atoms with Crippen LogP contribution in [-0.4, -0.2) is 34.5 Å². The van der Waals surface area contributed by atoms with Gasteiger partial charge in [-0.15, -0.1) is 0 Å². The largest absolute Gasteiger partial charge is 0.481 e. The van der Waals surface area contributed by atoms with Crippen molar-refractivity contribution in [2.75, 3.05) is 12.3 Å². The molecule has 1 aromatic carbocycles. The molecule has 5 heteroatoms. The Morgan fingerprint density at radius 1 is 1.24 bits per heavy atom. The Hall–Kier alpha value is -2.04. The fraction of sp³-hybridized carbons (Fsp3) is 0.500. The molecule has 3 N–H and O–H groups in total. The first-order valence-electron chi connectivity index (χ1n) is 7.42. The molecule has 21 heavy (non-hydrogen) atoms. The zero-order valence-electron chi connectivity index (χ0n) is 12.1. The molecule has 1 heterocycles. The minimum atomic E-state index is -0.800. The molecule has 1 unspecified atom stereocenters. The van der Waals surface area contributed by atoms with Crippen LogP contribution in [-0.2, 0) is 16.0 Å². The molecule has 2 rings (SSSR count). The van der Waals surface area contributed by atoms with Crippen molar-refractivity contribution in [1.82, 2.24) is 4.90 Å². The fourth-order valence-corrected chi connectivity index (χ4v) is 2.83. The first-order valence-corrected chi connectivity index (χ1v) is 7.42. The Balaban J connectivity index is 1.97. The maximum absolute atomic E-state index is 12.5. The van der Waals surface area contributed by atoms with E-state index in [2.05, 4.69) is 0 Å². The van der Waals surface area contributed by atoms with Gasteiger partial charge in [0.25, 0.3) is 0 Å². The predicted octanol–water partition coefficient (Wildman–Crippen LogP) is 2.06. The van der Waals surface area contributed by atoms with E-state index < -0.39 is 5.97 Å². The molecule has 0 spiro atoms. The molecule has 1 atom stereocenters. The second-order valence-corrected chi connectivity index (χ2v) is 5.59. The van der Waals surface area contributed by atoms with E-state index in [1.54, 1.807) is 12.1 Å². The van der Waals surface area contributed by atoms with Gasteiger partial charge in [-0.2, -0.15) is 0 Å². The van der Waals surface area contributed by atoms with Gasteiger partial charge in [0.1, 0.15) is 0 Å². The number of nitrogens with zero attached hydrogens (tertiary/aromatic N) is 1. The number of hydrogen-bond acceptors (Lipinski definition) is 3. The van der Waals surface area contributed by atoms with Crippen molar-refractivity contribution in [3.63, 3.8) is 0 Å². The number of nitrogens with two attached hydrogens (primary N) is 1. The lowest BCUT2D eigenvalue weighted by atomic mass is 9.97. The van der Waals surface area contributed by atoms with Crippen LogP contribution in [0.4, 0.5) is 5.69 Å². The summed E-state index contributed by atoms with van der Waals surface area (Å²) in [4.78, 5) is 25.0. The van der Waals surface area contributed by atoms with Gasteiger partial charge in [-0.25, -0.2) is 0 Å². The van der Waals surface area contributed by atoms with Crippen LogP contribution in [0, 0.1) is 0 Å². The van der Waals surface area contributed by atoms with Gasteiger partial charge in [0.2, 0.25) is 5.91 Å². The molecule has 114 valence electrons. The van der Waals surface area contributed by atoms with Crippen molar-refractivity contribution in [2.24, 2.45) is 0 Å². The number of carboxylic acids is 1. The average molecular weight is 290 g/mol. The third kappa shape index (κ3) is 4.48. The molecule has 1 aliphatic heterocycles. The van der Waals surface area contributed by atoms with Crippen molar-refractivity contribution in [3.8, 4) is 0 Å². The molecule has 1 amide bonds. The van der Waals surface area contributed by atoms with E-state index in [9.17, 15) is 9.59 Å². The van der Waals surface area contributed by atoms with Gasteiger partial charge in [-0.1, -0.05) is 12.1 Å². The molecule has 0 radical (unpaired) electrons. The number of carbonyl (C=O) groups excluding carboxylic acids is 1. The van der Waals surface area contributed by atoms with Crippen molar-refractivity contribution in [1.29, 1.82) is 0 Å². The van der Waals surface area contributed by atoms with Crippen LogP contribution < -0.4 is 5.73 Å². The second kappa shape index (κ2) is 7.11. The summed E-state index contributed by atoms with van der Waals surface area (Å²) in [6, 6.07) is 7.38. The Bertz CT molecular complexity index is 499. The molecule has 5 nitrogen and oxygen atoms in total. The van der Waals surface area contributed by atoms with E-state index in [1.807, 2.05) is 17.0 Å². The zero-order valence-corrected chi connectivity index (χ0v) is 12.1. The summed E-state index contributed by atoms with van der Waals surface area (Å²) in [5.41, 5.74) is 7.26. The van der Waals surface area contributed by atoms with Crippen LogP contribution in [0.1, 0.15) is 37.7 Å². The topological polar surface area (TPSA) is 83.6 Å². The summed E-state index contributed by atoms with van der Waals surface area (Å²) in [6.07, 6.45) is 3.98. The molecular weight excluding hydrogens is 268 g/mol. The number of aliphatic carboxylic acids is 1. The zero-order chi connectivity index (χ0) is 15.2. The van der Waals surface area contributed by atoms with Crippen molar-refractivity contribution < 1.29 is 14.7 Å². The number of rotatable bonds is 5. The summed E-state index contributed by atoms with van der Waals surface area (Å²) in [6.45, 7) is 0.734. The third-order valence-electron chi connectivity index (χ3n) is 3.97. The van der Waals surface area contributed by atoms with Crippen molar-refractivity contribution in [3.05, 3.63) is 29.8 Å². The Kier molecular flexibility index (Phi) is 5.20. The predicted molar refractivity (Wildman–Crippen MR) is 80.8 cm³/mol. The molecule has 0 bridgehead atoms. The van der Waals surface area contributed by atoms with Gasteiger partial charge in [0.05, 0.1) is 6.42 Å². The Labute approximate surface area is 124 Å². The molecule has 1 aliphatic rings. The molecule has 0 aromatic heterocycles.